The number of hydrogen-bond acceptors (Lipinski definition) is 8. The van der Waals surface area contributed by atoms with Gasteiger partial charge in [0.2, 0.25) is 0 Å². The van der Waals surface area contributed by atoms with Crippen LogP contribution in [0, 0.1) is 0 Å². The molecule has 0 heterocycles. The predicted octanol–water partition coefficient (Wildman–Crippen LogP) is 22.8. The summed E-state index contributed by atoms with van der Waals surface area (Å²) in [4.78, 5) is 37.5. The number of carbonyl (C=O) groups is 3. The summed E-state index contributed by atoms with van der Waals surface area (Å²) >= 11 is 0. The summed E-state index contributed by atoms with van der Waals surface area (Å²) in [6.45, 7) is 4.82. The zero-order chi connectivity index (χ0) is 63.3. The summed E-state index contributed by atoms with van der Waals surface area (Å²) in [5.74, 6) is -2.25. The Morgan fingerprint density at radius 1 is 0.345 bits per heavy atom. The molecule has 0 rings (SSSR count). The van der Waals surface area contributed by atoms with E-state index in [2.05, 4.69) is 38.2 Å². The number of quaternary nitrogens is 1. The van der Waals surface area contributed by atoms with Crippen molar-refractivity contribution >= 4 is 17.9 Å². The number of nitrogens with zero attached hydrogens (tertiary/aromatic N) is 1. The maximum Gasteiger partial charge on any atom is 0.306 e. The number of carboxylic acid groups (broad SMARTS) is 1. The van der Waals surface area contributed by atoms with E-state index in [1.165, 1.54) is 327 Å². The Balaban J connectivity index is 3.96. The van der Waals surface area contributed by atoms with Crippen LogP contribution < -0.4 is 5.11 Å². The molecule has 0 aromatic carbocycles. The Kier molecular flexibility index (Phi) is 67.9. The van der Waals surface area contributed by atoms with Crippen LogP contribution in [-0.4, -0.2) is 82.3 Å². The predicted molar refractivity (Wildman–Crippen MR) is 371 cm³/mol. The van der Waals surface area contributed by atoms with Crippen molar-refractivity contribution in [2.75, 3.05) is 47.5 Å². The topological polar surface area (TPSA) is 111 Å². The minimum absolute atomic E-state index is 0.151. The first kappa shape index (κ1) is 84.8. The second-order valence-electron chi connectivity index (χ2n) is 27.7. The highest BCUT2D eigenvalue weighted by Crippen LogP contribution is 2.20. The van der Waals surface area contributed by atoms with Crippen molar-refractivity contribution in [1.82, 2.24) is 0 Å². The van der Waals surface area contributed by atoms with Crippen LogP contribution in [0.4, 0.5) is 0 Å². The molecule has 9 nitrogen and oxygen atoms in total. The molecular weight excluding hydrogens is 1080 g/mol. The molecule has 0 aliphatic heterocycles. The number of ether oxygens (including phenoxy) is 4. The van der Waals surface area contributed by atoms with Crippen LogP contribution in [0.3, 0.4) is 0 Å². The highest BCUT2D eigenvalue weighted by Gasteiger charge is 2.22. The van der Waals surface area contributed by atoms with Gasteiger partial charge in [0.25, 0.3) is 0 Å². The number of esters is 2. The molecule has 0 aromatic heterocycles. The van der Waals surface area contributed by atoms with E-state index in [4.69, 9.17) is 18.9 Å². The molecule has 0 aromatic rings. The van der Waals surface area contributed by atoms with Gasteiger partial charge < -0.3 is 33.3 Å². The number of rotatable bonds is 73. The number of unbranched alkanes of at least 4 members (excludes halogenated alkanes) is 54. The molecule has 0 saturated heterocycles. The molecule has 0 amide bonds. The van der Waals surface area contributed by atoms with Gasteiger partial charge in [0.05, 0.1) is 40.3 Å². The fourth-order valence-corrected chi connectivity index (χ4v) is 11.8. The van der Waals surface area contributed by atoms with E-state index >= 15 is 0 Å². The van der Waals surface area contributed by atoms with E-state index in [1.807, 2.05) is 21.1 Å². The molecule has 9 heteroatoms. The smallest absolute Gasteiger partial charge is 0.306 e. The highest BCUT2D eigenvalue weighted by molar-refractivity contribution is 5.70. The monoisotopic (exact) mass is 1230 g/mol. The zero-order valence-electron chi connectivity index (χ0n) is 58.9. The van der Waals surface area contributed by atoms with Crippen LogP contribution in [0.15, 0.2) is 24.3 Å². The van der Waals surface area contributed by atoms with Gasteiger partial charge in [-0.15, -0.1) is 0 Å². The van der Waals surface area contributed by atoms with Crippen LogP contribution in [0.25, 0.3) is 0 Å². The van der Waals surface area contributed by atoms with E-state index < -0.39 is 24.3 Å². The third-order valence-corrected chi connectivity index (χ3v) is 17.7. The quantitative estimate of drug-likeness (QED) is 0.0195. The van der Waals surface area contributed by atoms with Gasteiger partial charge in [0.1, 0.15) is 13.2 Å². The average molecular weight is 1230 g/mol. The first-order chi connectivity index (χ1) is 42.6. The summed E-state index contributed by atoms with van der Waals surface area (Å²) in [6, 6.07) is 0. The molecule has 514 valence electrons. The van der Waals surface area contributed by atoms with Gasteiger partial charge in [-0.3, -0.25) is 9.59 Å². The number of allylic oxidation sites excluding steroid dienone is 4. The number of hydrogen-bond donors (Lipinski definition) is 0. The number of aliphatic carboxylic acids is 1. The van der Waals surface area contributed by atoms with Gasteiger partial charge in [-0.25, -0.2) is 0 Å². The lowest BCUT2D eigenvalue weighted by molar-refractivity contribution is -0.870. The first-order valence-electron chi connectivity index (χ1n) is 38.5. The van der Waals surface area contributed by atoms with Gasteiger partial charge in [-0.05, 0) is 44.9 Å². The third-order valence-electron chi connectivity index (χ3n) is 17.7. The van der Waals surface area contributed by atoms with Crippen molar-refractivity contribution in [2.45, 2.75) is 411 Å². The first-order valence-corrected chi connectivity index (χ1v) is 38.5. The van der Waals surface area contributed by atoms with E-state index in [0.717, 1.165) is 38.5 Å². The molecule has 0 aliphatic rings. The van der Waals surface area contributed by atoms with Crippen molar-refractivity contribution in [1.29, 1.82) is 0 Å². The van der Waals surface area contributed by atoms with E-state index in [9.17, 15) is 19.5 Å². The maximum atomic E-state index is 12.9. The average Bonchev–Trinajstić information content (AvgIpc) is 3.59. The Labute approximate surface area is 541 Å². The SMILES string of the molecule is CCCCCCC/C=C\C/C=C\CCCCCCCCCCCCCCCC(=O)OC(COC(=O)CCCCCCCCCCCCCCCCCCCCCCCCCCCCCCCCCCCCCCC)COC(OCC[N+](C)(C)C)C(=O)[O-]. The molecule has 2 atom stereocenters. The van der Waals surface area contributed by atoms with Crippen LogP contribution >= 0.6 is 0 Å². The summed E-state index contributed by atoms with van der Waals surface area (Å²) in [6.07, 6.45) is 84.4. The number of carbonyl (C=O) groups excluding carboxylic acids is 3. The molecule has 0 radical (unpaired) electrons. The standard InChI is InChI=1S/C78H149NO8/c1-6-8-10-12-14-16-18-20-22-24-26-28-30-32-33-34-35-36-37-38-39-40-41-42-43-45-46-48-50-52-54-56-58-60-62-64-66-68-75(80)85-72-74(73-86-78(77(82)83)84-71-70-79(3,4)5)87-76(81)69-67-65-63-61-59-57-55-53-51-49-47-44-31-29-27-25-23-21-19-17-15-13-11-9-7-2/h19,21,25,27,74,78H,6-18,20,22-24,26,28-73H2,1-5H3/b21-19-,27-25-. The van der Waals surface area contributed by atoms with Gasteiger partial charge in [0, 0.05) is 12.8 Å². The van der Waals surface area contributed by atoms with Crippen LogP contribution in [0.2, 0.25) is 0 Å². The normalized spacial score (nSPS) is 12.7. The second kappa shape index (κ2) is 69.7. The summed E-state index contributed by atoms with van der Waals surface area (Å²) < 4.78 is 22.9. The van der Waals surface area contributed by atoms with E-state index in [1.54, 1.807) is 0 Å². The summed E-state index contributed by atoms with van der Waals surface area (Å²) in [5.41, 5.74) is 0. The van der Waals surface area contributed by atoms with Gasteiger partial charge >= 0.3 is 11.9 Å². The highest BCUT2D eigenvalue weighted by atomic mass is 16.7. The number of likely N-dealkylation sites (N-methyl/N-ethyl adjacent to an activating group) is 1. The van der Waals surface area contributed by atoms with Gasteiger partial charge in [0.15, 0.2) is 12.4 Å². The van der Waals surface area contributed by atoms with Gasteiger partial charge in [-0.1, -0.05) is 366 Å². The maximum absolute atomic E-state index is 12.9. The van der Waals surface area contributed by atoms with Crippen LogP contribution in [-0.2, 0) is 33.3 Å². The van der Waals surface area contributed by atoms with Crippen molar-refractivity contribution in [2.24, 2.45) is 0 Å². The minimum atomic E-state index is -1.62. The molecular formula is C78H149NO8. The Morgan fingerprint density at radius 3 is 0.908 bits per heavy atom. The molecule has 0 spiro atoms. The molecule has 0 aliphatic carbocycles. The lowest BCUT2D eigenvalue weighted by Crippen LogP contribution is -2.44. The largest absolute Gasteiger partial charge is 0.545 e. The molecule has 0 bridgehead atoms. The Morgan fingerprint density at radius 2 is 0.621 bits per heavy atom. The van der Waals surface area contributed by atoms with Crippen molar-refractivity contribution < 1.29 is 42.9 Å². The lowest BCUT2D eigenvalue weighted by atomic mass is 10.0. The number of carboxylic acids is 1. The van der Waals surface area contributed by atoms with Crippen LogP contribution in [0.5, 0.6) is 0 Å². The Bertz CT molecular complexity index is 1480. The molecule has 0 N–H and O–H groups in total. The van der Waals surface area contributed by atoms with Crippen LogP contribution in [0.1, 0.15) is 399 Å². The zero-order valence-corrected chi connectivity index (χ0v) is 58.9. The summed E-state index contributed by atoms with van der Waals surface area (Å²) in [5, 5.41) is 11.8. The fourth-order valence-electron chi connectivity index (χ4n) is 11.8. The Hall–Kier alpha value is -2.23. The lowest BCUT2D eigenvalue weighted by Gasteiger charge is -2.26. The van der Waals surface area contributed by atoms with Crippen molar-refractivity contribution in [3.05, 3.63) is 24.3 Å². The molecule has 2 unspecified atom stereocenters. The summed E-state index contributed by atoms with van der Waals surface area (Å²) in [7, 11) is 5.95. The molecule has 87 heavy (non-hydrogen) atoms. The minimum Gasteiger partial charge on any atom is -0.545 e. The molecule has 0 saturated carbocycles. The fraction of sp³-hybridized carbons (Fsp3) is 0.910. The van der Waals surface area contributed by atoms with Crippen molar-refractivity contribution in [3.8, 4) is 0 Å². The molecule has 0 fully saturated rings. The van der Waals surface area contributed by atoms with E-state index in [0.29, 0.717) is 23.9 Å². The van der Waals surface area contributed by atoms with E-state index in [-0.39, 0.29) is 32.2 Å². The second-order valence-corrected chi connectivity index (χ2v) is 27.7. The third kappa shape index (κ3) is 71.1. The van der Waals surface area contributed by atoms with Gasteiger partial charge in [-0.2, -0.15) is 0 Å². The van der Waals surface area contributed by atoms with Crippen molar-refractivity contribution in [3.63, 3.8) is 0 Å².